The van der Waals surface area contributed by atoms with Gasteiger partial charge < -0.3 is 4.90 Å². The molecule has 2 bridgehead atoms. The molecule has 0 spiro atoms. The van der Waals surface area contributed by atoms with Crippen molar-refractivity contribution in [2.75, 3.05) is 19.6 Å². The first-order valence-electron chi connectivity index (χ1n) is 10.6. The Kier molecular flexibility index (Phi) is 4.36. The van der Waals surface area contributed by atoms with Gasteiger partial charge in [0.05, 0.1) is 0 Å². The molecule has 138 valence electrons. The summed E-state index contributed by atoms with van der Waals surface area (Å²) in [5.41, 5.74) is 1.10. The van der Waals surface area contributed by atoms with Crippen LogP contribution in [0, 0.1) is 17.8 Å². The molecule has 0 radical (unpaired) electrons. The van der Waals surface area contributed by atoms with Gasteiger partial charge in [0.25, 0.3) is 0 Å². The van der Waals surface area contributed by atoms with Crippen molar-refractivity contribution in [2.45, 2.75) is 50.6 Å². The maximum atomic E-state index is 12.8. The normalized spacial score (nSPS) is 34.7. The van der Waals surface area contributed by atoms with Crippen LogP contribution in [0.2, 0.25) is 0 Å². The largest absolute Gasteiger partial charge is 0.338 e. The Morgan fingerprint density at radius 2 is 1.69 bits per heavy atom. The molecule has 5 rings (SSSR count). The summed E-state index contributed by atoms with van der Waals surface area (Å²) in [6, 6.07) is 11.7. The molecular formula is C23H30N2O. The Morgan fingerprint density at radius 3 is 2.46 bits per heavy atom. The lowest BCUT2D eigenvalue weighted by molar-refractivity contribution is -0.134. The zero-order valence-electron chi connectivity index (χ0n) is 15.6. The van der Waals surface area contributed by atoms with Crippen molar-refractivity contribution in [3.63, 3.8) is 0 Å². The number of carbonyl (C=O) groups is 1. The van der Waals surface area contributed by atoms with Gasteiger partial charge in [-0.3, -0.25) is 9.69 Å². The van der Waals surface area contributed by atoms with Crippen molar-refractivity contribution in [1.29, 1.82) is 0 Å². The zero-order valence-corrected chi connectivity index (χ0v) is 15.6. The molecule has 3 saturated heterocycles. The van der Waals surface area contributed by atoms with Crippen LogP contribution in [-0.4, -0.2) is 47.4 Å². The number of piperidine rings is 3. The zero-order chi connectivity index (χ0) is 17.5. The summed E-state index contributed by atoms with van der Waals surface area (Å²) < 4.78 is 0. The van der Waals surface area contributed by atoms with Crippen molar-refractivity contribution in [1.82, 2.24) is 9.80 Å². The third-order valence-electron chi connectivity index (χ3n) is 7.13. The van der Waals surface area contributed by atoms with Gasteiger partial charge in [-0.05, 0) is 61.5 Å². The number of amides is 1. The van der Waals surface area contributed by atoms with Gasteiger partial charge in [-0.25, -0.2) is 0 Å². The van der Waals surface area contributed by atoms with Crippen LogP contribution in [0.4, 0.5) is 0 Å². The average molecular weight is 351 g/mol. The molecule has 1 aliphatic carbocycles. The SMILES string of the molecule is O=C(C=Cc1ccccc1)N1C[C@@H]2C[C@H](C1)[C@@H]1CCC[C@H](C3CC3)N1C2. The predicted octanol–water partition coefficient (Wildman–Crippen LogP) is 3.81. The van der Waals surface area contributed by atoms with E-state index in [9.17, 15) is 4.79 Å². The molecule has 1 aromatic carbocycles. The number of fused-ring (bicyclic) bond motifs is 4. The second kappa shape index (κ2) is 6.84. The first-order chi connectivity index (χ1) is 12.8. The highest BCUT2D eigenvalue weighted by Gasteiger charge is 2.48. The van der Waals surface area contributed by atoms with E-state index in [0.717, 1.165) is 36.7 Å². The molecule has 1 amide bonds. The number of hydrogen-bond donors (Lipinski definition) is 0. The molecule has 0 aromatic heterocycles. The molecule has 4 atom stereocenters. The Bertz CT molecular complexity index is 681. The van der Waals surface area contributed by atoms with Crippen LogP contribution in [0.1, 0.15) is 44.1 Å². The molecule has 0 unspecified atom stereocenters. The Balaban J connectivity index is 1.27. The minimum absolute atomic E-state index is 0.201. The highest BCUT2D eigenvalue weighted by atomic mass is 16.2. The topological polar surface area (TPSA) is 23.6 Å². The fourth-order valence-corrected chi connectivity index (χ4v) is 5.85. The van der Waals surface area contributed by atoms with E-state index in [1.165, 1.54) is 45.1 Å². The van der Waals surface area contributed by atoms with Gasteiger partial charge in [0.15, 0.2) is 0 Å². The van der Waals surface area contributed by atoms with E-state index >= 15 is 0 Å². The van der Waals surface area contributed by atoms with Crippen LogP contribution >= 0.6 is 0 Å². The van der Waals surface area contributed by atoms with E-state index < -0.39 is 0 Å². The van der Waals surface area contributed by atoms with Crippen molar-refractivity contribution in [3.05, 3.63) is 42.0 Å². The van der Waals surface area contributed by atoms with Gasteiger partial charge in [-0.15, -0.1) is 0 Å². The summed E-state index contributed by atoms with van der Waals surface area (Å²) in [4.78, 5) is 17.8. The Morgan fingerprint density at radius 1 is 0.923 bits per heavy atom. The molecule has 3 heteroatoms. The molecule has 3 aliphatic heterocycles. The van der Waals surface area contributed by atoms with Crippen LogP contribution in [0.25, 0.3) is 6.08 Å². The maximum Gasteiger partial charge on any atom is 0.246 e. The van der Waals surface area contributed by atoms with Crippen molar-refractivity contribution in [3.8, 4) is 0 Å². The summed E-state index contributed by atoms with van der Waals surface area (Å²) >= 11 is 0. The van der Waals surface area contributed by atoms with E-state index in [0.29, 0.717) is 11.8 Å². The molecular weight excluding hydrogens is 320 g/mol. The minimum atomic E-state index is 0.201. The standard InChI is InChI=1S/C23H30N2O/c26-23(12-9-17-5-2-1-3-6-17)24-14-18-13-20(16-24)22-8-4-7-21(19-10-11-19)25(22)15-18/h1-3,5-6,9,12,18-22H,4,7-8,10-11,13-16H2/t18-,20+,21+,22-/m0/s1. The van der Waals surface area contributed by atoms with Crippen LogP contribution < -0.4 is 0 Å². The number of hydrogen-bond acceptors (Lipinski definition) is 2. The van der Waals surface area contributed by atoms with Gasteiger partial charge >= 0.3 is 0 Å². The van der Waals surface area contributed by atoms with E-state index in [4.69, 9.17) is 0 Å². The highest BCUT2D eigenvalue weighted by molar-refractivity contribution is 5.91. The monoisotopic (exact) mass is 350 g/mol. The third kappa shape index (κ3) is 3.22. The average Bonchev–Trinajstić information content (AvgIpc) is 3.51. The molecule has 0 N–H and O–H groups in total. The lowest BCUT2D eigenvalue weighted by Crippen LogP contribution is -2.62. The smallest absolute Gasteiger partial charge is 0.246 e. The highest BCUT2D eigenvalue weighted by Crippen LogP contribution is 2.46. The fraction of sp³-hybridized carbons (Fsp3) is 0.609. The van der Waals surface area contributed by atoms with Crippen molar-refractivity contribution < 1.29 is 4.79 Å². The molecule has 3 nitrogen and oxygen atoms in total. The lowest BCUT2D eigenvalue weighted by Gasteiger charge is -2.55. The molecule has 4 aliphatic rings. The summed E-state index contributed by atoms with van der Waals surface area (Å²) in [5.74, 6) is 2.56. The lowest BCUT2D eigenvalue weighted by atomic mass is 9.74. The van der Waals surface area contributed by atoms with Crippen molar-refractivity contribution >= 4 is 12.0 Å². The fourth-order valence-electron chi connectivity index (χ4n) is 5.85. The molecule has 1 saturated carbocycles. The van der Waals surface area contributed by atoms with Gasteiger partial charge in [0.2, 0.25) is 5.91 Å². The molecule has 4 fully saturated rings. The second-order valence-electron chi connectivity index (χ2n) is 8.95. The first-order valence-corrected chi connectivity index (χ1v) is 10.6. The summed E-state index contributed by atoms with van der Waals surface area (Å²) in [5, 5.41) is 0. The maximum absolute atomic E-state index is 12.8. The second-order valence-corrected chi connectivity index (χ2v) is 8.95. The number of benzene rings is 1. The summed E-state index contributed by atoms with van der Waals surface area (Å²) in [6.07, 6.45) is 12.2. The quantitative estimate of drug-likeness (QED) is 0.774. The van der Waals surface area contributed by atoms with Crippen LogP contribution in [0.15, 0.2) is 36.4 Å². The molecule has 3 heterocycles. The Labute approximate surface area is 157 Å². The van der Waals surface area contributed by atoms with Gasteiger partial charge in [0.1, 0.15) is 0 Å². The number of nitrogens with zero attached hydrogens (tertiary/aromatic N) is 2. The van der Waals surface area contributed by atoms with Crippen LogP contribution in [0.3, 0.4) is 0 Å². The van der Waals surface area contributed by atoms with Crippen molar-refractivity contribution in [2.24, 2.45) is 17.8 Å². The van der Waals surface area contributed by atoms with E-state index in [2.05, 4.69) is 9.80 Å². The van der Waals surface area contributed by atoms with E-state index in [-0.39, 0.29) is 5.91 Å². The molecule has 1 aromatic rings. The molecule has 26 heavy (non-hydrogen) atoms. The number of carbonyl (C=O) groups excluding carboxylic acids is 1. The van der Waals surface area contributed by atoms with E-state index in [1.807, 2.05) is 36.4 Å². The Hall–Kier alpha value is -1.61. The number of rotatable bonds is 3. The summed E-state index contributed by atoms with van der Waals surface area (Å²) in [7, 11) is 0. The predicted molar refractivity (Wildman–Crippen MR) is 105 cm³/mol. The number of likely N-dealkylation sites (tertiary alicyclic amines) is 1. The van der Waals surface area contributed by atoms with Crippen LogP contribution in [0.5, 0.6) is 0 Å². The van der Waals surface area contributed by atoms with E-state index in [1.54, 1.807) is 6.08 Å². The van der Waals surface area contributed by atoms with Gasteiger partial charge in [-0.2, -0.15) is 0 Å². The third-order valence-corrected chi connectivity index (χ3v) is 7.13. The summed E-state index contributed by atoms with van der Waals surface area (Å²) in [6.45, 7) is 3.15. The first kappa shape index (κ1) is 16.6. The van der Waals surface area contributed by atoms with Gasteiger partial charge in [0, 0.05) is 37.8 Å². The van der Waals surface area contributed by atoms with Crippen LogP contribution in [-0.2, 0) is 4.79 Å². The van der Waals surface area contributed by atoms with Gasteiger partial charge in [-0.1, -0.05) is 36.8 Å². The minimum Gasteiger partial charge on any atom is -0.338 e.